The predicted octanol–water partition coefficient (Wildman–Crippen LogP) is 2.97. The van der Waals surface area contributed by atoms with Gasteiger partial charge in [-0.15, -0.1) is 6.58 Å². The van der Waals surface area contributed by atoms with Crippen LogP contribution in [0, 0.1) is 6.92 Å². The van der Waals surface area contributed by atoms with Gasteiger partial charge < -0.3 is 4.90 Å². The van der Waals surface area contributed by atoms with E-state index in [2.05, 4.69) is 6.58 Å². The van der Waals surface area contributed by atoms with Gasteiger partial charge in [-0.1, -0.05) is 54.1 Å². The van der Waals surface area contributed by atoms with E-state index in [1.54, 1.807) is 42.2 Å². The molecule has 1 aliphatic heterocycles. The Balaban J connectivity index is 1.90. The Morgan fingerprint density at radius 1 is 1.11 bits per heavy atom. The number of hydrogen-bond acceptors (Lipinski definition) is 3. The number of rotatable bonds is 5. The molecule has 2 atom stereocenters. The van der Waals surface area contributed by atoms with Crippen molar-refractivity contribution in [1.29, 1.82) is 0 Å². The number of benzene rings is 2. The fourth-order valence-corrected chi connectivity index (χ4v) is 5.14. The van der Waals surface area contributed by atoms with Gasteiger partial charge in [-0.25, -0.2) is 8.42 Å². The molecule has 6 heteroatoms. The molecule has 0 saturated carbocycles. The molecule has 27 heavy (non-hydrogen) atoms. The first-order valence-electron chi connectivity index (χ1n) is 8.90. The third-order valence-electron chi connectivity index (χ3n) is 4.87. The van der Waals surface area contributed by atoms with E-state index >= 15 is 0 Å². The van der Waals surface area contributed by atoms with E-state index in [1.807, 2.05) is 37.3 Å². The molecule has 0 N–H and O–H groups in total. The minimum atomic E-state index is -3.80. The van der Waals surface area contributed by atoms with E-state index in [4.69, 9.17) is 0 Å². The Bertz CT molecular complexity index is 922. The topological polar surface area (TPSA) is 57.7 Å². The molecule has 0 radical (unpaired) electrons. The van der Waals surface area contributed by atoms with Crippen molar-refractivity contribution in [2.75, 3.05) is 6.54 Å². The molecule has 1 fully saturated rings. The quantitative estimate of drug-likeness (QED) is 0.745. The summed E-state index contributed by atoms with van der Waals surface area (Å²) in [5.41, 5.74) is 1.99. The predicted molar refractivity (Wildman–Crippen MR) is 106 cm³/mol. The Labute approximate surface area is 161 Å². The molecular weight excluding hydrogens is 360 g/mol. The van der Waals surface area contributed by atoms with E-state index in [0.29, 0.717) is 6.54 Å². The van der Waals surface area contributed by atoms with E-state index in [0.717, 1.165) is 11.1 Å². The van der Waals surface area contributed by atoms with Gasteiger partial charge in [0.2, 0.25) is 15.9 Å². The number of hydrogen-bond donors (Lipinski definition) is 0. The van der Waals surface area contributed by atoms with Crippen molar-refractivity contribution in [3.8, 4) is 0 Å². The van der Waals surface area contributed by atoms with Crippen LogP contribution in [-0.2, 0) is 21.4 Å². The summed E-state index contributed by atoms with van der Waals surface area (Å²) in [6.45, 7) is 8.09. The van der Waals surface area contributed by atoms with Gasteiger partial charge in [0, 0.05) is 13.1 Å². The van der Waals surface area contributed by atoms with Crippen molar-refractivity contribution in [1.82, 2.24) is 9.21 Å². The average molecular weight is 385 g/mol. The summed E-state index contributed by atoms with van der Waals surface area (Å²) in [6.07, 6.45) is 1.60. The summed E-state index contributed by atoms with van der Waals surface area (Å²) in [5, 5.41) is 0. The molecule has 1 saturated heterocycles. The van der Waals surface area contributed by atoms with Crippen LogP contribution in [-0.4, -0.2) is 42.2 Å². The Hall–Kier alpha value is -2.44. The van der Waals surface area contributed by atoms with Crippen molar-refractivity contribution >= 4 is 15.9 Å². The summed E-state index contributed by atoms with van der Waals surface area (Å²) in [6, 6.07) is 15.1. The van der Waals surface area contributed by atoms with Crippen molar-refractivity contribution in [2.24, 2.45) is 0 Å². The summed E-state index contributed by atoms with van der Waals surface area (Å²) in [4.78, 5) is 14.8. The van der Waals surface area contributed by atoms with Gasteiger partial charge in [-0.2, -0.15) is 4.31 Å². The maximum absolute atomic E-state index is 13.2. The molecule has 2 aromatic rings. The van der Waals surface area contributed by atoms with Crippen LogP contribution in [0.15, 0.2) is 72.1 Å². The van der Waals surface area contributed by atoms with Crippen molar-refractivity contribution < 1.29 is 13.2 Å². The second-order valence-corrected chi connectivity index (χ2v) is 8.67. The molecule has 1 amide bonds. The summed E-state index contributed by atoms with van der Waals surface area (Å²) < 4.78 is 27.7. The Kier molecular flexibility index (Phi) is 5.48. The lowest BCUT2D eigenvalue weighted by molar-refractivity contribution is -0.140. The van der Waals surface area contributed by atoms with Crippen LogP contribution in [0.3, 0.4) is 0 Å². The molecule has 5 nitrogen and oxygen atoms in total. The molecule has 0 aliphatic carbocycles. The third-order valence-corrected chi connectivity index (χ3v) is 6.88. The highest BCUT2D eigenvalue weighted by Crippen LogP contribution is 2.27. The first-order valence-corrected chi connectivity index (χ1v) is 10.3. The summed E-state index contributed by atoms with van der Waals surface area (Å²) >= 11 is 0. The largest absolute Gasteiger partial charge is 0.335 e. The first-order chi connectivity index (χ1) is 12.8. The SMILES string of the molecule is C=C[C@H]1CN(Cc2ccccc2)C(=O)[C@H](C)N1S(=O)(=O)c1ccc(C)cc1. The number of piperazine rings is 1. The van der Waals surface area contributed by atoms with Crippen molar-refractivity contribution in [3.63, 3.8) is 0 Å². The summed E-state index contributed by atoms with van der Waals surface area (Å²) in [5.74, 6) is -0.201. The average Bonchev–Trinajstić information content (AvgIpc) is 2.66. The third kappa shape index (κ3) is 3.82. The molecule has 2 aromatic carbocycles. The standard InChI is InChI=1S/C21H24N2O3S/c1-4-19-15-22(14-18-8-6-5-7-9-18)21(24)17(3)23(19)27(25,26)20-12-10-16(2)11-13-20/h4-13,17,19H,1,14-15H2,2-3H3/t17-,19-/m0/s1. The van der Waals surface area contributed by atoms with Crippen LogP contribution in [0.4, 0.5) is 0 Å². The second-order valence-electron chi connectivity index (χ2n) is 6.83. The van der Waals surface area contributed by atoms with Crippen LogP contribution in [0.1, 0.15) is 18.1 Å². The van der Waals surface area contributed by atoms with E-state index in [1.165, 1.54) is 4.31 Å². The number of nitrogens with zero attached hydrogens (tertiary/aromatic N) is 2. The lowest BCUT2D eigenvalue weighted by atomic mass is 10.1. The number of sulfonamides is 1. The lowest BCUT2D eigenvalue weighted by Crippen LogP contribution is -2.61. The van der Waals surface area contributed by atoms with Gasteiger partial charge >= 0.3 is 0 Å². The fraction of sp³-hybridized carbons (Fsp3) is 0.286. The zero-order valence-corrected chi connectivity index (χ0v) is 16.4. The molecule has 0 spiro atoms. The van der Waals surface area contributed by atoms with E-state index in [-0.39, 0.29) is 17.3 Å². The number of aryl methyl sites for hydroxylation is 1. The maximum atomic E-state index is 13.2. The number of carbonyl (C=O) groups is 1. The van der Waals surface area contributed by atoms with Gasteiger partial charge in [0.15, 0.2) is 0 Å². The zero-order valence-electron chi connectivity index (χ0n) is 15.6. The molecule has 1 heterocycles. The van der Waals surface area contributed by atoms with Gasteiger partial charge in [0.25, 0.3) is 0 Å². The van der Waals surface area contributed by atoms with E-state index < -0.39 is 22.1 Å². The molecule has 0 bridgehead atoms. The molecule has 142 valence electrons. The van der Waals surface area contributed by atoms with Gasteiger partial charge in [0.05, 0.1) is 10.9 Å². The van der Waals surface area contributed by atoms with Gasteiger partial charge in [0.1, 0.15) is 6.04 Å². The highest BCUT2D eigenvalue weighted by Gasteiger charge is 2.43. The molecular formula is C21H24N2O3S. The number of amides is 1. The van der Waals surface area contributed by atoms with Crippen LogP contribution >= 0.6 is 0 Å². The molecule has 1 aliphatic rings. The van der Waals surface area contributed by atoms with Crippen molar-refractivity contribution in [2.45, 2.75) is 37.4 Å². The van der Waals surface area contributed by atoms with Gasteiger partial charge in [-0.05, 0) is 31.5 Å². The minimum Gasteiger partial charge on any atom is -0.335 e. The number of carbonyl (C=O) groups excluding carboxylic acids is 1. The normalized spacial score (nSPS) is 21.3. The highest BCUT2D eigenvalue weighted by atomic mass is 32.2. The van der Waals surface area contributed by atoms with Crippen LogP contribution in [0.2, 0.25) is 0 Å². The second kappa shape index (κ2) is 7.66. The van der Waals surface area contributed by atoms with Crippen molar-refractivity contribution in [3.05, 3.63) is 78.4 Å². The van der Waals surface area contributed by atoms with Crippen LogP contribution in [0.5, 0.6) is 0 Å². The molecule has 0 unspecified atom stereocenters. The molecule has 3 rings (SSSR count). The Morgan fingerprint density at radius 2 is 1.74 bits per heavy atom. The van der Waals surface area contributed by atoms with Crippen LogP contribution in [0.25, 0.3) is 0 Å². The highest BCUT2D eigenvalue weighted by molar-refractivity contribution is 7.89. The Morgan fingerprint density at radius 3 is 2.33 bits per heavy atom. The fourth-order valence-electron chi connectivity index (χ4n) is 3.40. The first kappa shape index (κ1) is 19.3. The van der Waals surface area contributed by atoms with Crippen LogP contribution < -0.4 is 0 Å². The maximum Gasteiger partial charge on any atom is 0.244 e. The lowest BCUT2D eigenvalue weighted by Gasteiger charge is -2.42. The van der Waals surface area contributed by atoms with E-state index in [9.17, 15) is 13.2 Å². The van der Waals surface area contributed by atoms with Gasteiger partial charge in [-0.3, -0.25) is 4.79 Å². The monoisotopic (exact) mass is 384 g/mol. The zero-order chi connectivity index (χ0) is 19.6. The smallest absolute Gasteiger partial charge is 0.244 e. The molecule has 0 aromatic heterocycles. The summed E-state index contributed by atoms with van der Waals surface area (Å²) in [7, 11) is -3.80. The minimum absolute atomic E-state index is 0.191.